The molecule has 0 aliphatic rings. The van der Waals surface area contributed by atoms with E-state index < -0.39 is 0 Å². The predicted octanol–water partition coefficient (Wildman–Crippen LogP) is 2.69. The minimum Gasteiger partial charge on any atom is -0.383 e. The lowest BCUT2D eigenvalue weighted by Crippen LogP contribution is -2.38. The van der Waals surface area contributed by atoms with E-state index in [0.29, 0.717) is 29.2 Å². The van der Waals surface area contributed by atoms with Gasteiger partial charge >= 0.3 is 0 Å². The fourth-order valence-corrected chi connectivity index (χ4v) is 3.94. The molecule has 0 aliphatic carbocycles. The first-order valence-electron chi connectivity index (χ1n) is 8.76. The van der Waals surface area contributed by atoms with Gasteiger partial charge in [-0.2, -0.15) is 0 Å². The molecule has 2 aromatic carbocycles. The Hall–Kier alpha value is -3.10. The molecule has 0 unspecified atom stereocenters. The molecule has 7 nitrogen and oxygen atoms in total. The lowest BCUT2D eigenvalue weighted by atomic mass is 10.2. The second kappa shape index (κ2) is 7.87. The van der Waals surface area contributed by atoms with Crippen molar-refractivity contribution in [3.63, 3.8) is 0 Å². The van der Waals surface area contributed by atoms with Gasteiger partial charge in [-0.05, 0) is 24.3 Å². The van der Waals surface area contributed by atoms with Crippen LogP contribution in [-0.4, -0.2) is 40.7 Å². The molecule has 1 amide bonds. The van der Waals surface area contributed by atoms with Gasteiger partial charge in [-0.3, -0.25) is 19.1 Å². The number of fused-ring (bicyclic) bond motifs is 2. The van der Waals surface area contributed by atoms with Crippen LogP contribution in [0.2, 0.25) is 0 Å². The Balaban J connectivity index is 1.66. The van der Waals surface area contributed by atoms with Crippen LogP contribution in [0.15, 0.2) is 59.7 Å². The third kappa shape index (κ3) is 3.51. The number of para-hydroxylation sites is 2. The van der Waals surface area contributed by atoms with Gasteiger partial charge in [0.15, 0.2) is 5.13 Å². The maximum absolute atomic E-state index is 13.0. The second-order valence-corrected chi connectivity index (χ2v) is 7.21. The Morgan fingerprint density at radius 3 is 2.68 bits per heavy atom. The number of hydrogen-bond donors (Lipinski definition) is 0. The number of nitrogens with zero attached hydrogens (tertiary/aromatic N) is 4. The predicted molar refractivity (Wildman–Crippen MR) is 110 cm³/mol. The summed E-state index contributed by atoms with van der Waals surface area (Å²) in [6, 6.07) is 14.8. The van der Waals surface area contributed by atoms with Crippen molar-refractivity contribution in [1.82, 2.24) is 14.5 Å². The highest BCUT2D eigenvalue weighted by Crippen LogP contribution is 2.28. The van der Waals surface area contributed by atoms with Crippen LogP contribution in [0.1, 0.15) is 0 Å². The van der Waals surface area contributed by atoms with E-state index in [4.69, 9.17) is 4.74 Å². The van der Waals surface area contributed by atoms with Crippen molar-refractivity contribution in [2.75, 3.05) is 25.2 Å². The van der Waals surface area contributed by atoms with Gasteiger partial charge in [-0.1, -0.05) is 35.6 Å². The molecule has 0 radical (unpaired) electrons. The number of hydrogen-bond acceptors (Lipinski definition) is 6. The van der Waals surface area contributed by atoms with E-state index in [9.17, 15) is 9.59 Å². The van der Waals surface area contributed by atoms with E-state index in [1.165, 1.54) is 22.2 Å². The van der Waals surface area contributed by atoms with Crippen LogP contribution in [0.25, 0.3) is 21.1 Å². The average molecular weight is 394 g/mol. The summed E-state index contributed by atoms with van der Waals surface area (Å²) < 4.78 is 7.48. The number of rotatable bonds is 6. The third-order valence-electron chi connectivity index (χ3n) is 4.37. The number of aromatic nitrogens is 3. The minimum atomic E-state index is -0.241. The molecule has 4 rings (SSSR count). The minimum absolute atomic E-state index is 0.115. The van der Waals surface area contributed by atoms with Gasteiger partial charge in [0.25, 0.3) is 5.56 Å². The largest absolute Gasteiger partial charge is 0.383 e. The fraction of sp³-hybridized carbons (Fsp3) is 0.200. The maximum atomic E-state index is 13.0. The number of carbonyl (C=O) groups is 1. The highest BCUT2D eigenvalue weighted by molar-refractivity contribution is 7.22. The first kappa shape index (κ1) is 18.3. The van der Waals surface area contributed by atoms with Crippen molar-refractivity contribution < 1.29 is 9.53 Å². The average Bonchev–Trinajstić information content (AvgIpc) is 3.14. The fourth-order valence-electron chi connectivity index (χ4n) is 2.93. The zero-order chi connectivity index (χ0) is 19.5. The van der Waals surface area contributed by atoms with E-state index in [1.807, 2.05) is 30.3 Å². The molecule has 0 atom stereocenters. The molecule has 0 N–H and O–H groups in total. The van der Waals surface area contributed by atoms with Crippen molar-refractivity contribution >= 4 is 43.5 Å². The van der Waals surface area contributed by atoms with Gasteiger partial charge < -0.3 is 4.74 Å². The molecule has 8 heteroatoms. The van der Waals surface area contributed by atoms with Gasteiger partial charge in [-0.15, -0.1) is 0 Å². The second-order valence-electron chi connectivity index (χ2n) is 6.20. The first-order chi connectivity index (χ1) is 13.7. The zero-order valence-electron chi connectivity index (χ0n) is 15.2. The summed E-state index contributed by atoms with van der Waals surface area (Å²) in [5.74, 6) is -0.240. The molecule has 0 aliphatic heterocycles. The number of methoxy groups -OCH3 is 1. The van der Waals surface area contributed by atoms with Gasteiger partial charge in [0.2, 0.25) is 5.91 Å². The molecule has 2 aromatic heterocycles. The molecule has 2 heterocycles. The molecule has 4 aromatic rings. The summed E-state index contributed by atoms with van der Waals surface area (Å²) in [5.41, 5.74) is 1.20. The molecular weight excluding hydrogens is 376 g/mol. The molecule has 0 fully saturated rings. The number of carbonyl (C=O) groups excluding carboxylic acids is 1. The van der Waals surface area contributed by atoms with Crippen molar-refractivity contribution in [1.29, 1.82) is 0 Å². The van der Waals surface area contributed by atoms with E-state index in [1.54, 1.807) is 30.2 Å². The van der Waals surface area contributed by atoms with Crippen molar-refractivity contribution in [3.05, 3.63) is 65.2 Å². The van der Waals surface area contributed by atoms with E-state index in [-0.39, 0.29) is 18.0 Å². The monoisotopic (exact) mass is 394 g/mol. The van der Waals surface area contributed by atoms with Crippen LogP contribution in [0.4, 0.5) is 5.13 Å². The topological polar surface area (TPSA) is 77.3 Å². The van der Waals surface area contributed by atoms with Crippen LogP contribution in [-0.2, 0) is 16.1 Å². The summed E-state index contributed by atoms with van der Waals surface area (Å²) in [5, 5.41) is 1.08. The Morgan fingerprint density at radius 1 is 1.14 bits per heavy atom. The van der Waals surface area contributed by atoms with Gasteiger partial charge in [0, 0.05) is 7.11 Å². The lowest BCUT2D eigenvalue weighted by molar-refractivity contribution is -0.119. The lowest BCUT2D eigenvalue weighted by Gasteiger charge is -2.20. The number of ether oxygens (including phenoxy) is 1. The summed E-state index contributed by atoms with van der Waals surface area (Å²) in [6.45, 7) is 0.605. The highest BCUT2D eigenvalue weighted by Gasteiger charge is 2.20. The zero-order valence-corrected chi connectivity index (χ0v) is 16.1. The molecule has 142 valence electrons. The maximum Gasteiger partial charge on any atom is 0.261 e. The van der Waals surface area contributed by atoms with Crippen LogP contribution >= 0.6 is 11.3 Å². The molecule has 0 saturated heterocycles. The molecule has 28 heavy (non-hydrogen) atoms. The summed E-state index contributed by atoms with van der Waals surface area (Å²) in [4.78, 5) is 36.1. The highest BCUT2D eigenvalue weighted by atomic mass is 32.1. The van der Waals surface area contributed by atoms with Crippen molar-refractivity contribution in [2.45, 2.75) is 6.54 Å². The smallest absolute Gasteiger partial charge is 0.261 e. The SMILES string of the molecule is COCCN(C(=O)Cn1cnc2ccccc2c1=O)c1nc2ccccc2s1. The Bertz CT molecular complexity index is 1170. The van der Waals surface area contributed by atoms with Crippen molar-refractivity contribution in [2.24, 2.45) is 0 Å². The van der Waals surface area contributed by atoms with Gasteiger partial charge in [0.05, 0.1) is 40.6 Å². The van der Waals surface area contributed by atoms with Crippen molar-refractivity contribution in [3.8, 4) is 0 Å². The number of thiazole rings is 1. The van der Waals surface area contributed by atoms with Crippen LogP contribution in [0.5, 0.6) is 0 Å². The molecule has 0 saturated carbocycles. The Labute approximate surface area is 164 Å². The Kier molecular flexibility index (Phi) is 5.14. The molecule has 0 spiro atoms. The van der Waals surface area contributed by atoms with Gasteiger partial charge in [0.1, 0.15) is 6.54 Å². The number of amides is 1. The standard InChI is InChI=1S/C20H18N4O3S/c1-27-11-10-24(20-22-16-8-4-5-9-17(16)28-20)18(25)12-23-13-21-15-7-3-2-6-14(15)19(23)26/h2-9,13H,10-12H2,1H3. The summed E-state index contributed by atoms with van der Waals surface area (Å²) in [6.07, 6.45) is 1.41. The van der Waals surface area contributed by atoms with Gasteiger partial charge in [-0.25, -0.2) is 9.97 Å². The van der Waals surface area contributed by atoms with E-state index >= 15 is 0 Å². The molecule has 0 bridgehead atoms. The molecular formula is C20H18N4O3S. The Morgan fingerprint density at radius 2 is 1.89 bits per heavy atom. The normalized spacial score (nSPS) is 11.2. The van der Waals surface area contributed by atoms with E-state index in [2.05, 4.69) is 9.97 Å². The van der Waals surface area contributed by atoms with Crippen LogP contribution in [0.3, 0.4) is 0 Å². The number of anilines is 1. The first-order valence-corrected chi connectivity index (χ1v) is 9.58. The quantitative estimate of drug-likeness (QED) is 0.502. The van der Waals surface area contributed by atoms with Crippen LogP contribution in [0, 0.1) is 0 Å². The van der Waals surface area contributed by atoms with E-state index in [0.717, 1.165) is 10.2 Å². The number of benzene rings is 2. The van der Waals surface area contributed by atoms with Crippen LogP contribution < -0.4 is 10.5 Å². The summed E-state index contributed by atoms with van der Waals surface area (Å²) in [7, 11) is 1.58. The summed E-state index contributed by atoms with van der Waals surface area (Å²) >= 11 is 1.44. The third-order valence-corrected chi connectivity index (χ3v) is 5.43.